The molecule has 0 aliphatic rings. The fourth-order valence-electron chi connectivity index (χ4n) is 1.60. The number of hydrogen-bond donors (Lipinski definition) is 3. The number of carbonyl (C=O) groups is 1. The third kappa shape index (κ3) is 5.56. The summed E-state index contributed by atoms with van der Waals surface area (Å²) in [5.74, 6) is -0.729. The molecule has 22 heavy (non-hydrogen) atoms. The number of carbonyl (C=O) groups excluding carboxylic acids is 1. The Labute approximate surface area is 140 Å². The van der Waals surface area contributed by atoms with E-state index >= 15 is 0 Å². The third-order valence-corrected chi connectivity index (χ3v) is 3.18. The van der Waals surface area contributed by atoms with Crippen LogP contribution >= 0.6 is 35.0 Å². The number of nitro benzene ring substituents is 1. The molecule has 0 aliphatic carbocycles. The molecule has 0 heterocycles. The number of hydrogen-bond acceptors (Lipinski definition) is 6. The summed E-state index contributed by atoms with van der Waals surface area (Å²) in [4.78, 5) is 26.8. The predicted octanol–water partition coefficient (Wildman–Crippen LogP) is 1.59. The summed E-state index contributed by atoms with van der Waals surface area (Å²) in [7, 11) is 0. The highest BCUT2D eigenvalue weighted by Gasteiger charge is 2.26. The van der Waals surface area contributed by atoms with Gasteiger partial charge < -0.3 is 10.4 Å². The summed E-state index contributed by atoms with van der Waals surface area (Å²) in [5.41, 5.74) is 0.201. The minimum absolute atomic E-state index is 0.128. The number of alkyl halides is 2. The normalized spacial score (nSPS) is 13.7. The Balaban J connectivity index is 2.87. The van der Waals surface area contributed by atoms with Crippen LogP contribution in [-0.4, -0.2) is 33.4 Å². The molecule has 0 radical (unpaired) electrons. The van der Waals surface area contributed by atoms with Crippen LogP contribution in [0.4, 0.5) is 5.69 Å². The molecular formula is C11H12Cl3N3O5. The minimum Gasteiger partial charge on any atom is -0.386 e. The number of nitrogens with zero attached hydrogens (tertiary/aromatic N) is 1. The molecule has 2 atom stereocenters. The van der Waals surface area contributed by atoms with Gasteiger partial charge in [-0.05, 0) is 17.7 Å². The second kappa shape index (κ2) is 9.09. The van der Waals surface area contributed by atoms with Gasteiger partial charge in [0, 0.05) is 23.9 Å². The molecule has 0 aliphatic heterocycles. The van der Waals surface area contributed by atoms with E-state index in [-0.39, 0.29) is 12.3 Å². The molecule has 1 aromatic rings. The number of halogens is 3. The minimum atomic E-state index is -1.32. The van der Waals surface area contributed by atoms with Crippen molar-refractivity contribution < 1.29 is 19.7 Å². The van der Waals surface area contributed by atoms with Crippen LogP contribution in [-0.2, 0) is 9.63 Å². The standard InChI is InChI=1S/C11H12Cl3N3O5/c12-10(13)11(19)15-8(5-22-16-14)9(18)6-1-3-7(4-2-6)17(20)21/h1-4,8-10,16,18H,5H2,(H,15,19)/t8-,9-/m1/s1. The van der Waals surface area contributed by atoms with Crippen molar-refractivity contribution in [2.75, 3.05) is 6.61 Å². The van der Waals surface area contributed by atoms with Crippen LogP contribution in [0.15, 0.2) is 24.3 Å². The summed E-state index contributed by atoms with van der Waals surface area (Å²) < 4.78 is 0. The number of aliphatic hydroxyl groups excluding tert-OH is 1. The molecule has 8 nitrogen and oxygen atoms in total. The van der Waals surface area contributed by atoms with Gasteiger partial charge in [0.1, 0.15) is 6.10 Å². The zero-order valence-electron chi connectivity index (χ0n) is 10.9. The van der Waals surface area contributed by atoms with Gasteiger partial charge in [-0.1, -0.05) is 23.2 Å². The first-order chi connectivity index (χ1) is 10.4. The molecule has 0 saturated carbocycles. The zero-order valence-corrected chi connectivity index (χ0v) is 13.2. The molecule has 1 rings (SSSR count). The van der Waals surface area contributed by atoms with Crippen molar-refractivity contribution in [3.05, 3.63) is 39.9 Å². The van der Waals surface area contributed by atoms with E-state index < -0.39 is 27.8 Å². The van der Waals surface area contributed by atoms with E-state index in [2.05, 4.69) is 5.32 Å². The van der Waals surface area contributed by atoms with Crippen molar-refractivity contribution in [3.8, 4) is 0 Å². The molecule has 11 heteroatoms. The molecule has 1 amide bonds. The molecule has 3 N–H and O–H groups in total. The number of rotatable bonds is 8. The quantitative estimate of drug-likeness (QED) is 0.276. The van der Waals surface area contributed by atoms with E-state index in [1.54, 1.807) is 0 Å². The van der Waals surface area contributed by atoms with Gasteiger partial charge in [0.2, 0.25) is 0 Å². The van der Waals surface area contributed by atoms with Crippen molar-refractivity contribution >= 4 is 46.6 Å². The van der Waals surface area contributed by atoms with Gasteiger partial charge in [-0.2, -0.15) is 0 Å². The molecule has 0 aromatic heterocycles. The van der Waals surface area contributed by atoms with E-state index in [0.29, 0.717) is 5.56 Å². The first-order valence-corrected chi connectivity index (χ1v) is 7.10. The average Bonchev–Trinajstić information content (AvgIpc) is 2.50. The van der Waals surface area contributed by atoms with E-state index in [9.17, 15) is 20.0 Å². The number of benzene rings is 1. The van der Waals surface area contributed by atoms with Crippen molar-refractivity contribution in [3.63, 3.8) is 0 Å². The van der Waals surface area contributed by atoms with Crippen LogP contribution in [0.25, 0.3) is 0 Å². The van der Waals surface area contributed by atoms with E-state index in [1.165, 1.54) is 24.3 Å². The van der Waals surface area contributed by atoms with E-state index in [0.717, 1.165) is 0 Å². The lowest BCUT2D eigenvalue weighted by Gasteiger charge is -2.24. The van der Waals surface area contributed by atoms with Crippen molar-refractivity contribution in [1.82, 2.24) is 10.3 Å². The largest absolute Gasteiger partial charge is 0.386 e. The number of amides is 1. The lowest BCUT2D eigenvalue weighted by molar-refractivity contribution is -0.384. The van der Waals surface area contributed by atoms with Gasteiger partial charge >= 0.3 is 0 Å². The maximum atomic E-state index is 11.5. The first-order valence-electron chi connectivity index (χ1n) is 5.85. The fourth-order valence-corrected chi connectivity index (χ4v) is 1.79. The maximum Gasteiger partial charge on any atom is 0.269 e. The number of aliphatic hydroxyl groups is 1. The molecule has 0 unspecified atom stereocenters. The summed E-state index contributed by atoms with van der Waals surface area (Å²) >= 11 is 16.0. The Kier molecular flexibility index (Phi) is 7.80. The van der Waals surface area contributed by atoms with Gasteiger partial charge in [-0.25, -0.2) is 0 Å². The second-order valence-corrected chi connectivity index (χ2v) is 5.35. The van der Waals surface area contributed by atoms with Crippen molar-refractivity contribution in [2.45, 2.75) is 17.0 Å². The van der Waals surface area contributed by atoms with Crippen molar-refractivity contribution in [1.29, 1.82) is 0 Å². The number of nitro groups is 1. The van der Waals surface area contributed by atoms with E-state index in [1.807, 2.05) is 5.00 Å². The highest BCUT2D eigenvalue weighted by Crippen LogP contribution is 2.21. The Morgan fingerprint density at radius 3 is 2.41 bits per heavy atom. The lowest BCUT2D eigenvalue weighted by Crippen LogP contribution is -2.45. The molecule has 122 valence electrons. The summed E-state index contributed by atoms with van der Waals surface area (Å²) in [5, 5.41) is 23.2. The Bertz CT molecular complexity index is 514. The van der Waals surface area contributed by atoms with Crippen LogP contribution in [0.1, 0.15) is 11.7 Å². The monoisotopic (exact) mass is 371 g/mol. The highest BCUT2D eigenvalue weighted by molar-refractivity contribution is 6.53. The van der Waals surface area contributed by atoms with Gasteiger partial charge in [0.25, 0.3) is 11.6 Å². The second-order valence-electron chi connectivity index (χ2n) is 4.10. The molecule has 0 spiro atoms. The van der Waals surface area contributed by atoms with Crippen LogP contribution in [0, 0.1) is 10.1 Å². The van der Waals surface area contributed by atoms with Crippen LogP contribution < -0.4 is 10.3 Å². The lowest BCUT2D eigenvalue weighted by atomic mass is 10.0. The molecule has 1 aromatic carbocycles. The number of non-ortho nitro benzene ring substituents is 1. The average molecular weight is 373 g/mol. The molecule has 0 fully saturated rings. The molecule has 0 saturated heterocycles. The van der Waals surface area contributed by atoms with Crippen molar-refractivity contribution in [2.24, 2.45) is 0 Å². The topological polar surface area (TPSA) is 114 Å². The highest BCUT2D eigenvalue weighted by atomic mass is 35.5. The van der Waals surface area contributed by atoms with Gasteiger partial charge in [0.15, 0.2) is 4.84 Å². The van der Waals surface area contributed by atoms with Gasteiger partial charge in [-0.3, -0.25) is 19.7 Å². The van der Waals surface area contributed by atoms with Crippen LogP contribution in [0.5, 0.6) is 0 Å². The smallest absolute Gasteiger partial charge is 0.269 e. The van der Waals surface area contributed by atoms with Gasteiger partial charge in [-0.15, -0.1) is 5.00 Å². The zero-order chi connectivity index (χ0) is 16.7. The summed E-state index contributed by atoms with van der Waals surface area (Å²) in [6, 6.07) is 4.23. The van der Waals surface area contributed by atoms with E-state index in [4.69, 9.17) is 39.8 Å². The predicted molar refractivity (Wildman–Crippen MR) is 80.4 cm³/mol. The fraction of sp³-hybridized carbons (Fsp3) is 0.364. The summed E-state index contributed by atoms with van der Waals surface area (Å²) in [6.45, 7) is -0.201. The van der Waals surface area contributed by atoms with Crippen LogP contribution in [0.2, 0.25) is 0 Å². The van der Waals surface area contributed by atoms with Gasteiger partial charge in [0.05, 0.1) is 17.6 Å². The first kappa shape index (κ1) is 18.9. The van der Waals surface area contributed by atoms with Crippen LogP contribution in [0.3, 0.4) is 0 Å². The Hall–Kier alpha value is -1.16. The summed E-state index contributed by atoms with van der Waals surface area (Å²) in [6.07, 6.45) is -1.22. The Morgan fingerprint density at radius 1 is 1.36 bits per heavy atom. The SMILES string of the molecule is O=C(N[C@H](CONCl)[C@H](O)c1ccc([N+](=O)[O-])cc1)C(Cl)Cl. The number of nitrogens with one attached hydrogen (secondary N) is 2. The molecule has 0 bridgehead atoms. The third-order valence-electron chi connectivity index (χ3n) is 2.67. The maximum absolute atomic E-state index is 11.5. The molecular weight excluding hydrogens is 360 g/mol. The Morgan fingerprint density at radius 2 is 1.95 bits per heavy atom.